The number of hydrogen-bond acceptors (Lipinski definition) is 4. The number of aromatic nitrogens is 2. The van der Waals surface area contributed by atoms with Gasteiger partial charge in [0.15, 0.2) is 0 Å². The van der Waals surface area contributed by atoms with Gasteiger partial charge in [-0.15, -0.1) is 0 Å². The lowest BCUT2D eigenvalue weighted by atomic mass is 9.97. The lowest BCUT2D eigenvalue weighted by molar-refractivity contribution is 0.103. The maximum absolute atomic E-state index is 12.6. The predicted octanol–water partition coefficient (Wildman–Crippen LogP) is 1.86. The Morgan fingerprint density at radius 2 is 2.05 bits per heavy atom. The van der Waals surface area contributed by atoms with E-state index in [1.165, 1.54) is 10.9 Å². The van der Waals surface area contributed by atoms with Crippen LogP contribution in [0.4, 0.5) is 5.82 Å². The molecule has 19 heavy (non-hydrogen) atoms. The first-order valence-corrected chi connectivity index (χ1v) is 5.93. The summed E-state index contributed by atoms with van der Waals surface area (Å²) < 4.78 is 6.78. The Hall–Kier alpha value is -2.30. The lowest BCUT2D eigenvalue weighted by Gasteiger charge is -2.11. The second-order valence-corrected chi connectivity index (χ2v) is 4.56. The number of carbonyl (C=O) groups excluding carboxylic acids is 1. The highest BCUT2D eigenvalue weighted by atomic mass is 16.5. The molecule has 0 saturated heterocycles. The molecule has 2 N–H and O–H groups in total. The zero-order valence-corrected chi connectivity index (χ0v) is 11.5. The van der Waals surface area contributed by atoms with Gasteiger partial charge >= 0.3 is 0 Å². The molecule has 5 heteroatoms. The van der Waals surface area contributed by atoms with Crippen LogP contribution in [0.2, 0.25) is 0 Å². The van der Waals surface area contributed by atoms with Crippen LogP contribution in [0.1, 0.15) is 27.0 Å². The van der Waals surface area contributed by atoms with Gasteiger partial charge in [-0.25, -0.2) is 0 Å². The van der Waals surface area contributed by atoms with Crippen molar-refractivity contribution in [2.45, 2.75) is 13.8 Å². The standard InChI is InChI=1S/C14H17N3O2/c1-8-5-9(2)12(11(6-8)19-4)13(18)10-7-16-17(3)14(10)15/h5-7H,15H2,1-4H3. The number of ketones is 1. The van der Waals surface area contributed by atoms with E-state index in [0.29, 0.717) is 22.7 Å². The van der Waals surface area contributed by atoms with Crippen LogP contribution in [-0.4, -0.2) is 22.7 Å². The van der Waals surface area contributed by atoms with Crippen molar-refractivity contribution >= 4 is 11.6 Å². The largest absolute Gasteiger partial charge is 0.496 e. The molecule has 0 spiro atoms. The molecule has 0 aliphatic heterocycles. The minimum atomic E-state index is -0.167. The number of methoxy groups -OCH3 is 1. The summed E-state index contributed by atoms with van der Waals surface area (Å²) >= 11 is 0. The Labute approximate surface area is 112 Å². The molecule has 100 valence electrons. The Balaban J connectivity index is 2.59. The third-order valence-corrected chi connectivity index (χ3v) is 3.12. The molecule has 0 aliphatic rings. The molecular weight excluding hydrogens is 242 g/mol. The average molecular weight is 259 g/mol. The summed E-state index contributed by atoms with van der Waals surface area (Å²) in [5.74, 6) is 0.748. The third-order valence-electron chi connectivity index (χ3n) is 3.12. The summed E-state index contributed by atoms with van der Waals surface area (Å²) in [6, 6.07) is 3.79. The molecule has 0 amide bonds. The van der Waals surface area contributed by atoms with Crippen molar-refractivity contribution < 1.29 is 9.53 Å². The highest BCUT2D eigenvalue weighted by Crippen LogP contribution is 2.28. The van der Waals surface area contributed by atoms with Gasteiger partial charge in [0.2, 0.25) is 5.78 Å². The van der Waals surface area contributed by atoms with Gasteiger partial charge in [0.25, 0.3) is 0 Å². The van der Waals surface area contributed by atoms with Gasteiger partial charge in [-0.2, -0.15) is 5.10 Å². The van der Waals surface area contributed by atoms with Gasteiger partial charge in [0, 0.05) is 7.05 Å². The van der Waals surface area contributed by atoms with E-state index in [-0.39, 0.29) is 5.78 Å². The van der Waals surface area contributed by atoms with Crippen molar-refractivity contribution in [3.63, 3.8) is 0 Å². The van der Waals surface area contributed by atoms with Gasteiger partial charge in [-0.3, -0.25) is 9.48 Å². The number of rotatable bonds is 3. The number of ether oxygens (including phenoxy) is 1. The minimum absolute atomic E-state index is 0.167. The number of aryl methyl sites for hydroxylation is 3. The van der Waals surface area contributed by atoms with Crippen LogP contribution in [0.3, 0.4) is 0 Å². The number of hydrogen-bond donors (Lipinski definition) is 1. The van der Waals surface area contributed by atoms with Crippen LogP contribution >= 0.6 is 0 Å². The number of nitrogens with two attached hydrogens (primary N) is 1. The Morgan fingerprint density at radius 3 is 2.58 bits per heavy atom. The highest BCUT2D eigenvalue weighted by Gasteiger charge is 2.21. The van der Waals surface area contributed by atoms with E-state index in [0.717, 1.165) is 11.1 Å². The summed E-state index contributed by atoms with van der Waals surface area (Å²) in [6.45, 7) is 3.84. The molecule has 0 saturated carbocycles. The van der Waals surface area contributed by atoms with E-state index < -0.39 is 0 Å². The van der Waals surface area contributed by atoms with Crippen LogP contribution in [0, 0.1) is 13.8 Å². The van der Waals surface area contributed by atoms with Crippen molar-refractivity contribution in [1.82, 2.24) is 9.78 Å². The van der Waals surface area contributed by atoms with Crippen LogP contribution in [0.15, 0.2) is 18.3 Å². The number of anilines is 1. The fourth-order valence-corrected chi connectivity index (χ4v) is 2.14. The first kappa shape index (κ1) is 13.1. The van der Waals surface area contributed by atoms with Gasteiger partial charge in [0.1, 0.15) is 11.6 Å². The van der Waals surface area contributed by atoms with Gasteiger partial charge in [-0.1, -0.05) is 6.07 Å². The van der Waals surface area contributed by atoms with Crippen molar-refractivity contribution in [1.29, 1.82) is 0 Å². The van der Waals surface area contributed by atoms with Crippen LogP contribution in [0.25, 0.3) is 0 Å². The molecule has 2 aromatic rings. The van der Waals surface area contributed by atoms with Crippen molar-refractivity contribution in [3.8, 4) is 5.75 Å². The smallest absolute Gasteiger partial charge is 0.202 e. The maximum Gasteiger partial charge on any atom is 0.202 e. The van der Waals surface area contributed by atoms with Crippen molar-refractivity contribution in [3.05, 3.63) is 40.6 Å². The summed E-state index contributed by atoms with van der Waals surface area (Å²) in [4.78, 5) is 12.6. The van der Waals surface area contributed by atoms with E-state index in [2.05, 4.69) is 5.10 Å². The summed E-state index contributed by atoms with van der Waals surface area (Å²) in [6.07, 6.45) is 1.48. The summed E-state index contributed by atoms with van der Waals surface area (Å²) in [5.41, 5.74) is 8.69. The summed E-state index contributed by atoms with van der Waals surface area (Å²) in [7, 11) is 3.25. The van der Waals surface area contributed by atoms with Gasteiger partial charge < -0.3 is 10.5 Å². The molecule has 2 rings (SSSR count). The highest BCUT2D eigenvalue weighted by molar-refractivity contribution is 6.14. The zero-order chi connectivity index (χ0) is 14.2. The predicted molar refractivity (Wildman–Crippen MR) is 73.5 cm³/mol. The van der Waals surface area contributed by atoms with Gasteiger partial charge in [0.05, 0.1) is 24.4 Å². The topological polar surface area (TPSA) is 70.1 Å². The Morgan fingerprint density at radius 1 is 1.37 bits per heavy atom. The first-order valence-electron chi connectivity index (χ1n) is 5.93. The Bertz CT molecular complexity index is 644. The third kappa shape index (κ3) is 2.19. The molecule has 0 unspecified atom stereocenters. The average Bonchev–Trinajstić information content (AvgIpc) is 2.68. The monoisotopic (exact) mass is 259 g/mol. The zero-order valence-electron chi connectivity index (χ0n) is 11.5. The number of benzene rings is 1. The van der Waals surface area contributed by atoms with Gasteiger partial charge in [-0.05, 0) is 31.0 Å². The first-order chi connectivity index (χ1) is 8.95. The molecule has 0 bridgehead atoms. The Kier molecular flexibility index (Phi) is 3.29. The minimum Gasteiger partial charge on any atom is -0.496 e. The quantitative estimate of drug-likeness (QED) is 0.854. The molecule has 1 heterocycles. The van der Waals surface area contributed by atoms with E-state index >= 15 is 0 Å². The van der Waals surface area contributed by atoms with Crippen LogP contribution in [0.5, 0.6) is 5.75 Å². The van der Waals surface area contributed by atoms with E-state index in [1.807, 2.05) is 26.0 Å². The normalized spacial score (nSPS) is 10.5. The van der Waals surface area contributed by atoms with Crippen molar-refractivity contribution in [2.24, 2.45) is 7.05 Å². The molecule has 0 fully saturated rings. The second kappa shape index (κ2) is 4.76. The lowest BCUT2D eigenvalue weighted by Crippen LogP contribution is -2.09. The molecule has 1 aromatic heterocycles. The molecule has 0 atom stereocenters. The molecule has 5 nitrogen and oxygen atoms in total. The number of nitrogen functional groups attached to an aromatic ring is 1. The van der Waals surface area contributed by atoms with Crippen LogP contribution < -0.4 is 10.5 Å². The number of carbonyl (C=O) groups is 1. The van der Waals surface area contributed by atoms with E-state index in [9.17, 15) is 4.79 Å². The summed E-state index contributed by atoms with van der Waals surface area (Å²) in [5, 5.41) is 4.00. The number of nitrogens with zero attached hydrogens (tertiary/aromatic N) is 2. The SMILES string of the molecule is COc1cc(C)cc(C)c1C(=O)c1cnn(C)c1N. The van der Waals surface area contributed by atoms with E-state index in [1.54, 1.807) is 14.2 Å². The molecule has 0 radical (unpaired) electrons. The molecule has 1 aromatic carbocycles. The van der Waals surface area contributed by atoms with Crippen LogP contribution in [-0.2, 0) is 7.05 Å². The van der Waals surface area contributed by atoms with E-state index in [4.69, 9.17) is 10.5 Å². The molecular formula is C14H17N3O2. The fraction of sp³-hybridized carbons (Fsp3) is 0.286. The second-order valence-electron chi connectivity index (χ2n) is 4.56. The fourth-order valence-electron chi connectivity index (χ4n) is 2.14. The van der Waals surface area contributed by atoms with Crippen molar-refractivity contribution in [2.75, 3.05) is 12.8 Å². The maximum atomic E-state index is 12.6. The molecule has 0 aliphatic carbocycles.